The van der Waals surface area contributed by atoms with E-state index in [1.54, 1.807) is 11.3 Å². The van der Waals surface area contributed by atoms with Crippen LogP contribution in [0.4, 0.5) is 0 Å². The molecule has 98 valence electrons. The first-order valence-corrected chi connectivity index (χ1v) is 6.91. The number of carbonyl (C=O) groups excluding carboxylic acids is 1. The molecule has 0 aromatic carbocycles. The van der Waals surface area contributed by atoms with Crippen molar-refractivity contribution in [2.75, 3.05) is 13.1 Å². The summed E-state index contributed by atoms with van der Waals surface area (Å²) in [5.74, 6) is 0.534. The number of amides is 1. The third-order valence-corrected chi connectivity index (χ3v) is 4.05. The number of hydrogen-bond donors (Lipinski definition) is 2. The summed E-state index contributed by atoms with van der Waals surface area (Å²) in [4.78, 5) is 13.9. The number of oxime groups is 1. The van der Waals surface area contributed by atoms with Gasteiger partial charge in [0.15, 0.2) is 0 Å². The highest BCUT2D eigenvalue weighted by Gasteiger charge is 2.25. The number of nitrogens with zero attached hydrogens (tertiary/aromatic N) is 2. The maximum Gasteiger partial charge on any atom is 0.227 e. The van der Waals surface area contributed by atoms with Crippen LogP contribution in [0.2, 0.25) is 0 Å². The molecule has 1 amide bonds. The van der Waals surface area contributed by atoms with Crippen LogP contribution in [0.25, 0.3) is 0 Å². The van der Waals surface area contributed by atoms with Gasteiger partial charge in [-0.2, -0.15) is 11.3 Å². The zero-order valence-corrected chi connectivity index (χ0v) is 10.9. The van der Waals surface area contributed by atoms with Crippen LogP contribution in [-0.2, 0) is 11.2 Å². The summed E-state index contributed by atoms with van der Waals surface area (Å²) in [6, 6.07) is 1.98. The van der Waals surface area contributed by atoms with Crippen LogP contribution in [0.1, 0.15) is 18.4 Å². The van der Waals surface area contributed by atoms with Gasteiger partial charge < -0.3 is 15.8 Å². The second-order valence-electron chi connectivity index (χ2n) is 4.49. The van der Waals surface area contributed by atoms with Crippen molar-refractivity contribution in [2.45, 2.75) is 19.3 Å². The number of piperidine rings is 1. The average molecular weight is 267 g/mol. The topological polar surface area (TPSA) is 78.9 Å². The van der Waals surface area contributed by atoms with E-state index in [9.17, 15) is 4.79 Å². The van der Waals surface area contributed by atoms with Crippen molar-refractivity contribution in [2.24, 2.45) is 16.8 Å². The van der Waals surface area contributed by atoms with Crippen molar-refractivity contribution in [1.82, 2.24) is 4.90 Å². The molecular weight excluding hydrogens is 250 g/mol. The molecule has 1 fully saturated rings. The minimum atomic E-state index is 0.0974. The molecule has 1 aromatic rings. The number of hydrogen-bond acceptors (Lipinski definition) is 4. The molecule has 18 heavy (non-hydrogen) atoms. The van der Waals surface area contributed by atoms with Gasteiger partial charge in [0.2, 0.25) is 5.91 Å². The molecule has 2 heterocycles. The van der Waals surface area contributed by atoms with Crippen molar-refractivity contribution < 1.29 is 10.0 Å². The molecule has 0 unspecified atom stereocenters. The van der Waals surface area contributed by atoms with Crippen molar-refractivity contribution in [3.63, 3.8) is 0 Å². The minimum absolute atomic E-state index is 0.0974. The van der Waals surface area contributed by atoms with Gasteiger partial charge >= 0.3 is 0 Å². The molecule has 1 aliphatic heterocycles. The van der Waals surface area contributed by atoms with Gasteiger partial charge in [0, 0.05) is 19.0 Å². The Morgan fingerprint density at radius 1 is 1.56 bits per heavy atom. The quantitative estimate of drug-likeness (QED) is 0.375. The van der Waals surface area contributed by atoms with Crippen molar-refractivity contribution in [3.8, 4) is 0 Å². The Bertz CT molecular complexity index is 423. The van der Waals surface area contributed by atoms with E-state index in [1.165, 1.54) is 0 Å². The van der Waals surface area contributed by atoms with Crippen LogP contribution < -0.4 is 5.73 Å². The summed E-state index contributed by atoms with van der Waals surface area (Å²) in [5.41, 5.74) is 6.65. The Hall–Kier alpha value is -1.56. The fourth-order valence-corrected chi connectivity index (χ4v) is 2.85. The fraction of sp³-hybridized carbons (Fsp3) is 0.500. The standard InChI is InChI=1S/C12H17N3O2S/c13-12(14-17)10-1-4-15(5-2-10)11(16)7-9-3-6-18-8-9/h3,6,8,10,17H,1-2,4-5,7H2,(H2,13,14). The SMILES string of the molecule is NC(=NO)C1CCN(C(=O)Cc2ccsc2)CC1. The highest BCUT2D eigenvalue weighted by atomic mass is 32.1. The molecule has 2 rings (SSSR count). The van der Waals surface area contributed by atoms with E-state index in [-0.39, 0.29) is 17.7 Å². The molecule has 0 atom stereocenters. The Kier molecular flexibility index (Phi) is 4.19. The normalized spacial score (nSPS) is 18.0. The van der Waals surface area contributed by atoms with E-state index in [1.807, 2.05) is 21.7 Å². The van der Waals surface area contributed by atoms with Crippen LogP contribution in [0, 0.1) is 5.92 Å². The molecule has 5 nitrogen and oxygen atoms in total. The second kappa shape index (κ2) is 5.86. The number of nitrogens with two attached hydrogens (primary N) is 1. The lowest BCUT2D eigenvalue weighted by Crippen LogP contribution is -2.42. The minimum Gasteiger partial charge on any atom is -0.409 e. The third kappa shape index (κ3) is 3.01. The zero-order valence-electron chi connectivity index (χ0n) is 10.1. The molecule has 1 aromatic heterocycles. The predicted molar refractivity (Wildman–Crippen MR) is 70.7 cm³/mol. The van der Waals surface area contributed by atoms with Crippen LogP contribution in [0.3, 0.4) is 0 Å². The van der Waals surface area contributed by atoms with Gasteiger partial charge in [-0.1, -0.05) is 5.16 Å². The smallest absolute Gasteiger partial charge is 0.227 e. The number of rotatable bonds is 3. The lowest BCUT2D eigenvalue weighted by molar-refractivity contribution is -0.131. The number of likely N-dealkylation sites (tertiary alicyclic amines) is 1. The Morgan fingerprint density at radius 2 is 2.28 bits per heavy atom. The molecule has 3 N–H and O–H groups in total. The molecule has 0 saturated carbocycles. The lowest BCUT2D eigenvalue weighted by atomic mass is 9.95. The Morgan fingerprint density at radius 3 is 2.83 bits per heavy atom. The molecule has 6 heteroatoms. The number of amidine groups is 1. The van der Waals surface area contributed by atoms with E-state index in [2.05, 4.69) is 5.16 Å². The van der Waals surface area contributed by atoms with Gasteiger partial charge in [-0.25, -0.2) is 0 Å². The van der Waals surface area contributed by atoms with E-state index in [4.69, 9.17) is 10.9 Å². The van der Waals surface area contributed by atoms with Crippen LogP contribution in [-0.4, -0.2) is 34.9 Å². The highest BCUT2D eigenvalue weighted by Crippen LogP contribution is 2.18. The molecule has 0 radical (unpaired) electrons. The first kappa shape index (κ1) is 12.9. The summed E-state index contributed by atoms with van der Waals surface area (Å²) in [7, 11) is 0. The molecule has 1 aliphatic rings. The molecule has 0 bridgehead atoms. The monoisotopic (exact) mass is 267 g/mol. The maximum atomic E-state index is 12.0. The number of thiophene rings is 1. The Labute approximate surface area is 110 Å². The second-order valence-corrected chi connectivity index (χ2v) is 5.27. The summed E-state index contributed by atoms with van der Waals surface area (Å²) >= 11 is 1.60. The molecule has 0 spiro atoms. The Balaban J connectivity index is 1.84. The lowest BCUT2D eigenvalue weighted by Gasteiger charge is -2.31. The molecule has 1 saturated heterocycles. The van der Waals surface area contributed by atoms with Crippen LogP contribution in [0.15, 0.2) is 22.0 Å². The van der Waals surface area contributed by atoms with E-state index in [0.29, 0.717) is 19.5 Å². The van der Waals surface area contributed by atoms with Gasteiger partial charge in [-0.05, 0) is 35.2 Å². The summed E-state index contributed by atoms with van der Waals surface area (Å²) in [6.07, 6.45) is 2.01. The van der Waals surface area contributed by atoms with Gasteiger partial charge in [0.05, 0.1) is 6.42 Å². The zero-order chi connectivity index (χ0) is 13.0. The highest BCUT2D eigenvalue weighted by molar-refractivity contribution is 7.07. The maximum absolute atomic E-state index is 12.0. The molecule has 0 aliphatic carbocycles. The van der Waals surface area contributed by atoms with Gasteiger partial charge in [0.1, 0.15) is 5.84 Å². The van der Waals surface area contributed by atoms with Gasteiger partial charge in [0.25, 0.3) is 0 Å². The van der Waals surface area contributed by atoms with E-state index >= 15 is 0 Å². The first-order valence-electron chi connectivity index (χ1n) is 5.97. The van der Waals surface area contributed by atoms with Crippen molar-refractivity contribution in [3.05, 3.63) is 22.4 Å². The summed E-state index contributed by atoms with van der Waals surface area (Å²) in [5, 5.41) is 15.6. The third-order valence-electron chi connectivity index (χ3n) is 3.32. The van der Waals surface area contributed by atoms with Crippen molar-refractivity contribution in [1.29, 1.82) is 0 Å². The predicted octanol–water partition coefficient (Wildman–Crippen LogP) is 1.28. The average Bonchev–Trinajstić information content (AvgIpc) is 2.91. The van der Waals surface area contributed by atoms with Crippen LogP contribution >= 0.6 is 11.3 Å². The van der Waals surface area contributed by atoms with Crippen LogP contribution in [0.5, 0.6) is 0 Å². The van der Waals surface area contributed by atoms with E-state index < -0.39 is 0 Å². The van der Waals surface area contributed by atoms with E-state index in [0.717, 1.165) is 18.4 Å². The summed E-state index contributed by atoms with van der Waals surface area (Å²) in [6.45, 7) is 1.37. The van der Waals surface area contributed by atoms with Gasteiger partial charge in [-0.15, -0.1) is 0 Å². The first-order chi connectivity index (χ1) is 8.70. The van der Waals surface area contributed by atoms with Crippen molar-refractivity contribution >= 4 is 23.1 Å². The largest absolute Gasteiger partial charge is 0.409 e. The van der Waals surface area contributed by atoms with Gasteiger partial charge in [-0.3, -0.25) is 4.79 Å². The molecular formula is C12H17N3O2S. The number of carbonyl (C=O) groups is 1. The fourth-order valence-electron chi connectivity index (χ4n) is 2.19. The summed E-state index contributed by atoms with van der Waals surface area (Å²) < 4.78 is 0.